The Morgan fingerprint density at radius 2 is 0.750 bits per heavy atom. The minimum Gasteiger partial charge on any atom is -0.308 e. The molecule has 4 heterocycles. The van der Waals surface area contributed by atoms with Gasteiger partial charge in [-0.2, -0.15) is 0 Å². The minimum atomic E-state index is 1.02. The van der Waals surface area contributed by atoms with Gasteiger partial charge < -0.3 is 9.13 Å². The second kappa shape index (κ2) is 9.79. The van der Waals surface area contributed by atoms with Crippen LogP contribution < -0.4 is 0 Å². The van der Waals surface area contributed by atoms with Gasteiger partial charge in [-0.25, -0.2) is 0 Å². The number of hydrogen-bond donors (Lipinski definition) is 0. The Hall–Kier alpha value is -6.00. The van der Waals surface area contributed by atoms with Gasteiger partial charge in [0.05, 0.1) is 33.1 Å². The lowest BCUT2D eigenvalue weighted by molar-refractivity contribution is 1.17. The molecule has 44 heavy (non-hydrogen) atoms. The van der Waals surface area contributed by atoms with Gasteiger partial charge in [-0.05, 0) is 89.0 Å². The molecule has 0 amide bonds. The Kier molecular flexibility index (Phi) is 5.47. The van der Waals surface area contributed by atoms with Crippen molar-refractivity contribution in [1.29, 1.82) is 0 Å². The molecule has 4 heteroatoms. The summed E-state index contributed by atoms with van der Waals surface area (Å²) >= 11 is 0. The molecule has 0 spiro atoms. The summed E-state index contributed by atoms with van der Waals surface area (Å²) in [5, 5.41) is 2.32. The largest absolute Gasteiger partial charge is 0.308 e. The van der Waals surface area contributed by atoms with E-state index in [0.717, 1.165) is 55.2 Å². The van der Waals surface area contributed by atoms with Crippen molar-refractivity contribution in [3.8, 4) is 33.6 Å². The third kappa shape index (κ3) is 3.78. The van der Waals surface area contributed by atoms with E-state index in [0.29, 0.717) is 0 Å². The Labute approximate surface area is 254 Å². The fourth-order valence-electron chi connectivity index (χ4n) is 6.65. The Bertz CT molecular complexity index is 2240. The Morgan fingerprint density at radius 3 is 1.25 bits per heavy atom. The number of para-hydroxylation sites is 2. The first-order valence-electron chi connectivity index (χ1n) is 14.8. The SMILES string of the molecule is c1cc(-c2cccc(-n3c4ccccc4c4ncccc43)c2)cc(-c2cccc(-n3c4ccccc4c4ncccc43)c2)c1. The summed E-state index contributed by atoms with van der Waals surface area (Å²) < 4.78 is 4.63. The van der Waals surface area contributed by atoms with Gasteiger partial charge in [0, 0.05) is 34.5 Å². The quantitative estimate of drug-likeness (QED) is 0.214. The third-order valence-corrected chi connectivity index (χ3v) is 8.59. The minimum absolute atomic E-state index is 1.02. The number of benzene rings is 5. The van der Waals surface area contributed by atoms with Crippen LogP contribution in [-0.4, -0.2) is 19.1 Å². The van der Waals surface area contributed by atoms with Crippen LogP contribution in [0.1, 0.15) is 0 Å². The maximum atomic E-state index is 4.71. The Morgan fingerprint density at radius 1 is 0.341 bits per heavy atom. The number of pyridine rings is 2. The molecule has 9 rings (SSSR count). The van der Waals surface area contributed by atoms with Crippen molar-refractivity contribution in [2.75, 3.05) is 0 Å². The van der Waals surface area contributed by atoms with E-state index in [2.05, 4.69) is 143 Å². The molecule has 0 atom stereocenters. The fourth-order valence-corrected chi connectivity index (χ4v) is 6.65. The summed E-state index contributed by atoms with van der Waals surface area (Å²) in [6.45, 7) is 0. The van der Waals surface area contributed by atoms with Crippen molar-refractivity contribution < 1.29 is 0 Å². The zero-order valence-electron chi connectivity index (χ0n) is 23.8. The van der Waals surface area contributed by atoms with Crippen LogP contribution in [0.15, 0.2) is 158 Å². The molecule has 0 aliphatic heterocycles. The topological polar surface area (TPSA) is 35.6 Å². The number of rotatable bonds is 4. The number of nitrogens with zero attached hydrogens (tertiary/aromatic N) is 4. The van der Waals surface area contributed by atoms with E-state index >= 15 is 0 Å². The third-order valence-electron chi connectivity index (χ3n) is 8.59. The second-order valence-electron chi connectivity index (χ2n) is 11.1. The van der Waals surface area contributed by atoms with E-state index < -0.39 is 0 Å². The highest BCUT2D eigenvalue weighted by molar-refractivity contribution is 6.08. The lowest BCUT2D eigenvalue weighted by Crippen LogP contribution is -1.95. The van der Waals surface area contributed by atoms with Crippen LogP contribution in [0, 0.1) is 0 Å². The van der Waals surface area contributed by atoms with Gasteiger partial charge in [0.15, 0.2) is 0 Å². The first-order valence-corrected chi connectivity index (χ1v) is 14.8. The van der Waals surface area contributed by atoms with Crippen molar-refractivity contribution >= 4 is 43.9 Å². The normalized spacial score (nSPS) is 11.6. The molecular formula is C40H26N4. The van der Waals surface area contributed by atoms with Crippen molar-refractivity contribution in [2.24, 2.45) is 0 Å². The van der Waals surface area contributed by atoms with Crippen LogP contribution in [0.4, 0.5) is 0 Å². The molecule has 0 radical (unpaired) electrons. The number of hydrogen-bond acceptors (Lipinski definition) is 2. The lowest BCUT2D eigenvalue weighted by Gasteiger charge is -2.12. The standard InChI is InChI=1S/C40H26N4/c1-3-18-35-33(16-1)39-37(20-8-22-41-39)43(35)31-14-6-12-29(25-31)27-10-5-11-28(24-27)30-13-7-15-32(26-30)44-36-19-4-2-17-34(36)40-38(44)21-9-23-42-40/h1-26H. The molecule has 0 aliphatic carbocycles. The second-order valence-corrected chi connectivity index (χ2v) is 11.1. The lowest BCUT2D eigenvalue weighted by atomic mass is 9.98. The molecule has 0 saturated carbocycles. The van der Waals surface area contributed by atoms with Gasteiger partial charge in [-0.15, -0.1) is 0 Å². The van der Waals surface area contributed by atoms with Gasteiger partial charge in [0.2, 0.25) is 0 Å². The smallest absolute Gasteiger partial charge is 0.0963 e. The fraction of sp³-hybridized carbons (Fsp3) is 0. The van der Waals surface area contributed by atoms with Crippen LogP contribution >= 0.6 is 0 Å². The van der Waals surface area contributed by atoms with Gasteiger partial charge in [-0.1, -0.05) is 78.9 Å². The zero-order valence-corrected chi connectivity index (χ0v) is 23.8. The van der Waals surface area contributed by atoms with E-state index in [9.17, 15) is 0 Å². The van der Waals surface area contributed by atoms with Gasteiger partial charge in [-0.3, -0.25) is 9.97 Å². The first-order chi connectivity index (χ1) is 21.8. The average Bonchev–Trinajstić information content (AvgIpc) is 3.62. The maximum Gasteiger partial charge on any atom is 0.0963 e. The predicted octanol–water partition coefficient (Wildman–Crippen LogP) is 10.0. The zero-order chi connectivity index (χ0) is 29.0. The molecule has 0 fully saturated rings. The van der Waals surface area contributed by atoms with Crippen LogP contribution in [0.3, 0.4) is 0 Å². The molecule has 206 valence electrons. The highest BCUT2D eigenvalue weighted by Crippen LogP contribution is 2.35. The van der Waals surface area contributed by atoms with Crippen molar-refractivity contribution in [2.45, 2.75) is 0 Å². The van der Waals surface area contributed by atoms with E-state index in [1.165, 1.54) is 22.3 Å². The highest BCUT2D eigenvalue weighted by Gasteiger charge is 2.15. The average molecular weight is 563 g/mol. The molecule has 0 unspecified atom stereocenters. The van der Waals surface area contributed by atoms with Crippen molar-refractivity contribution in [3.63, 3.8) is 0 Å². The van der Waals surface area contributed by atoms with Gasteiger partial charge in [0.1, 0.15) is 0 Å². The van der Waals surface area contributed by atoms with Gasteiger partial charge >= 0.3 is 0 Å². The monoisotopic (exact) mass is 562 g/mol. The molecule has 9 aromatic rings. The molecular weight excluding hydrogens is 536 g/mol. The van der Waals surface area contributed by atoms with E-state index in [4.69, 9.17) is 9.97 Å². The highest BCUT2D eigenvalue weighted by atomic mass is 15.0. The molecule has 4 nitrogen and oxygen atoms in total. The van der Waals surface area contributed by atoms with Crippen LogP contribution in [0.2, 0.25) is 0 Å². The summed E-state index contributed by atoms with van der Waals surface area (Å²) in [7, 11) is 0. The van der Waals surface area contributed by atoms with E-state index in [1.807, 2.05) is 24.5 Å². The van der Waals surface area contributed by atoms with Crippen LogP contribution in [0.5, 0.6) is 0 Å². The van der Waals surface area contributed by atoms with Gasteiger partial charge in [0.25, 0.3) is 0 Å². The molecule has 0 N–H and O–H groups in total. The Balaban J connectivity index is 1.15. The summed E-state index contributed by atoms with van der Waals surface area (Å²) in [6.07, 6.45) is 3.74. The number of fused-ring (bicyclic) bond motifs is 6. The summed E-state index contributed by atoms with van der Waals surface area (Å²) in [6, 6.07) is 51.7. The van der Waals surface area contributed by atoms with E-state index in [-0.39, 0.29) is 0 Å². The summed E-state index contributed by atoms with van der Waals surface area (Å²) in [4.78, 5) is 9.43. The van der Waals surface area contributed by atoms with E-state index in [1.54, 1.807) is 0 Å². The molecule has 0 bridgehead atoms. The van der Waals surface area contributed by atoms with Crippen LogP contribution in [0.25, 0.3) is 77.5 Å². The molecule has 5 aromatic carbocycles. The molecule has 0 saturated heterocycles. The maximum absolute atomic E-state index is 4.71. The van der Waals surface area contributed by atoms with Crippen molar-refractivity contribution in [3.05, 3.63) is 158 Å². The molecule has 4 aromatic heterocycles. The summed E-state index contributed by atoms with van der Waals surface area (Å²) in [5.41, 5.74) is 13.5. The van der Waals surface area contributed by atoms with Crippen LogP contribution in [-0.2, 0) is 0 Å². The summed E-state index contributed by atoms with van der Waals surface area (Å²) in [5.74, 6) is 0. The first kappa shape index (κ1) is 24.6. The number of aromatic nitrogens is 4. The molecule has 0 aliphatic rings. The predicted molar refractivity (Wildman–Crippen MR) is 182 cm³/mol. The van der Waals surface area contributed by atoms with Crippen molar-refractivity contribution in [1.82, 2.24) is 19.1 Å².